The Morgan fingerprint density at radius 3 is 2.88 bits per heavy atom. The fraction of sp³-hybridized carbons (Fsp3) is 0. The molecular formula is C17H9ClFN4O. The van der Waals surface area contributed by atoms with Crippen LogP contribution in [-0.2, 0) is 0 Å². The average Bonchev–Trinajstić information content (AvgIpc) is 2.57. The highest BCUT2D eigenvalue weighted by molar-refractivity contribution is 6.31. The second kappa shape index (κ2) is 6.14. The zero-order chi connectivity index (χ0) is 17.3. The number of fused-ring (bicyclic) bond motifs is 1. The van der Waals surface area contributed by atoms with Crippen molar-refractivity contribution in [2.75, 3.05) is 5.32 Å². The fourth-order valence-corrected chi connectivity index (χ4v) is 2.47. The Hall–Kier alpha value is -3.17. The van der Waals surface area contributed by atoms with Gasteiger partial charge >= 0.3 is 0 Å². The van der Waals surface area contributed by atoms with E-state index in [9.17, 15) is 14.4 Å². The summed E-state index contributed by atoms with van der Waals surface area (Å²) in [5, 5.41) is 12.9. The standard InChI is InChI=1S/C17H9ClFN4O/c18-12-7-9(5-6-13(12)19)22-15-10-3-1-2-4-14(10)23-16(17(21)24)11(15)8-20/h2-7H,(H2,21,24)(H,22,23). The molecule has 0 aliphatic heterocycles. The van der Waals surface area contributed by atoms with Gasteiger partial charge < -0.3 is 11.1 Å². The van der Waals surface area contributed by atoms with E-state index in [1.807, 2.05) is 6.07 Å². The van der Waals surface area contributed by atoms with Crippen LogP contribution in [0.15, 0.2) is 36.4 Å². The van der Waals surface area contributed by atoms with Crippen LogP contribution in [0.5, 0.6) is 0 Å². The Morgan fingerprint density at radius 2 is 2.21 bits per heavy atom. The van der Waals surface area contributed by atoms with Crippen LogP contribution in [0.25, 0.3) is 10.9 Å². The first-order chi connectivity index (χ1) is 11.5. The Bertz CT molecular complexity index is 1010. The number of hydrogen-bond donors (Lipinski definition) is 2. The van der Waals surface area contributed by atoms with Gasteiger partial charge in [0.25, 0.3) is 5.91 Å². The minimum absolute atomic E-state index is 0.00459. The molecule has 24 heavy (non-hydrogen) atoms. The van der Waals surface area contributed by atoms with Crippen LogP contribution in [-0.4, -0.2) is 10.9 Å². The fourth-order valence-electron chi connectivity index (χ4n) is 2.28. The number of carbonyl (C=O) groups excluding carboxylic acids is 1. The molecule has 5 nitrogen and oxygen atoms in total. The summed E-state index contributed by atoms with van der Waals surface area (Å²) in [6, 6.07) is 13.8. The lowest BCUT2D eigenvalue weighted by Crippen LogP contribution is -2.16. The van der Waals surface area contributed by atoms with Crippen LogP contribution in [0, 0.1) is 23.2 Å². The maximum Gasteiger partial charge on any atom is 0.268 e. The van der Waals surface area contributed by atoms with Crippen molar-refractivity contribution in [1.29, 1.82) is 5.26 Å². The second-order valence-electron chi connectivity index (χ2n) is 4.88. The number of benzene rings is 2. The van der Waals surface area contributed by atoms with Crippen molar-refractivity contribution in [3.8, 4) is 6.07 Å². The van der Waals surface area contributed by atoms with Gasteiger partial charge in [-0.3, -0.25) is 4.79 Å². The Morgan fingerprint density at radius 1 is 1.42 bits per heavy atom. The van der Waals surface area contributed by atoms with Crippen molar-refractivity contribution in [3.63, 3.8) is 0 Å². The molecule has 2 aromatic carbocycles. The lowest BCUT2D eigenvalue weighted by molar-refractivity contribution is 0.0995. The molecule has 7 heteroatoms. The molecule has 0 fully saturated rings. The van der Waals surface area contributed by atoms with E-state index in [4.69, 9.17) is 17.3 Å². The Kier molecular flexibility index (Phi) is 4.02. The van der Waals surface area contributed by atoms with Gasteiger partial charge in [0.15, 0.2) is 0 Å². The van der Waals surface area contributed by atoms with Crippen molar-refractivity contribution in [2.24, 2.45) is 5.73 Å². The number of anilines is 2. The normalized spacial score (nSPS) is 10.4. The first kappa shape index (κ1) is 15.7. The molecule has 117 valence electrons. The molecule has 1 amide bonds. The van der Waals surface area contributed by atoms with Crippen LogP contribution in [0.1, 0.15) is 16.1 Å². The van der Waals surface area contributed by atoms with Gasteiger partial charge in [-0.05, 0) is 36.4 Å². The second-order valence-corrected chi connectivity index (χ2v) is 5.29. The number of carbonyl (C=O) groups is 1. The quantitative estimate of drug-likeness (QED) is 0.763. The first-order valence-corrected chi connectivity index (χ1v) is 7.15. The summed E-state index contributed by atoms with van der Waals surface area (Å²) in [7, 11) is 0. The van der Waals surface area contributed by atoms with E-state index < -0.39 is 11.7 Å². The number of nitrogens with one attached hydrogen (secondary N) is 1. The maximum atomic E-state index is 13.3. The summed E-state index contributed by atoms with van der Waals surface area (Å²) in [4.78, 5) is 15.8. The van der Waals surface area contributed by atoms with E-state index in [2.05, 4.69) is 16.4 Å². The molecule has 3 N–H and O–H groups in total. The van der Waals surface area contributed by atoms with Gasteiger partial charge in [0.05, 0.1) is 16.2 Å². The molecular weight excluding hydrogens is 331 g/mol. The lowest BCUT2D eigenvalue weighted by atomic mass is 10.1. The zero-order valence-corrected chi connectivity index (χ0v) is 12.9. The maximum absolute atomic E-state index is 13.3. The molecule has 0 aliphatic carbocycles. The molecule has 0 atom stereocenters. The van der Waals surface area contributed by atoms with Gasteiger partial charge in [0.2, 0.25) is 0 Å². The van der Waals surface area contributed by atoms with Crippen molar-refractivity contribution in [2.45, 2.75) is 0 Å². The third-order valence-corrected chi connectivity index (χ3v) is 3.65. The van der Waals surface area contributed by atoms with E-state index in [0.717, 1.165) is 0 Å². The monoisotopic (exact) mass is 339 g/mol. The van der Waals surface area contributed by atoms with Crippen LogP contribution in [0.3, 0.4) is 0 Å². The van der Waals surface area contributed by atoms with E-state index in [1.54, 1.807) is 18.2 Å². The smallest absolute Gasteiger partial charge is 0.268 e. The number of amides is 1. The van der Waals surface area contributed by atoms with Gasteiger partial charge in [-0.2, -0.15) is 5.26 Å². The van der Waals surface area contributed by atoms with Gasteiger partial charge in [-0.25, -0.2) is 9.37 Å². The summed E-state index contributed by atoms with van der Waals surface area (Å²) in [6.07, 6.45) is 0. The number of nitrogens with zero attached hydrogens (tertiary/aromatic N) is 2. The van der Waals surface area contributed by atoms with E-state index in [-0.39, 0.29) is 16.3 Å². The molecule has 1 heterocycles. The molecule has 3 rings (SSSR count). The lowest BCUT2D eigenvalue weighted by Gasteiger charge is -2.14. The molecule has 1 aromatic heterocycles. The number of nitrogens with two attached hydrogens (primary N) is 1. The zero-order valence-electron chi connectivity index (χ0n) is 12.1. The Balaban J connectivity index is 2.26. The van der Waals surface area contributed by atoms with Gasteiger partial charge in [-0.1, -0.05) is 17.7 Å². The number of aromatic nitrogens is 1. The van der Waals surface area contributed by atoms with Crippen molar-refractivity contribution < 1.29 is 9.18 Å². The minimum Gasteiger partial charge on any atom is -0.364 e. The highest BCUT2D eigenvalue weighted by Gasteiger charge is 2.19. The minimum atomic E-state index is -0.818. The third kappa shape index (κ3) is 2.73. The SMILES string of the molecule is N#Cc1c(C(N)=O)nc2cc[c]cc2c1Nc1ccc(F)c(Cl)c1. The van der Waals surface area contributed by atoms with Crippen molar-refractivity contribution >= 4 is 39.8 Å². The van der Waals surface area contributed by atoms with Crippen molar-refractivity contribution in [3.05, 3.63) is 64.6 Å². The molecule has 0 saturated heterocycles. The number of nitriles is 1. The largest absolute Gasteiger partial charge is 0.364 e. The van der Waals surface area contributed by atoms with Crippen LogP contribution in [0.4, 0.5) is 15.8 Å². The third-order valence-electron chi connectivity index (χ3n) is 3.36. The molecule has 0 spiro atoms. The number of halogens is 2. The predicted octanol–water partition coefficient (Wildman–Crippen LogP) is 3.54. The van der Waals surface area contributed by atoms with Crippen LogP contribution in [0.2, 0.25) is 5.02 Å². The molecule has 0 aliphatic rings. The van der Waals surface area contributed by atoms with Crippen LogP contribution < -0.4 is 11.1 Å². The van der Waals surface area contributed by atoms with Crippen molar-refractivity contribution in [1.82, 2.24) is 4.98 Å². The highest BCUT2D eigenvalue weighted by Crippen LogP contribution is 2.31. The topological polar surface area (TPSA) is 91.8 Å². The molecule has 0 saturated carbocycles. The number of hydrogen-bond acceptors (Lipinski definition) is 4. The van der Waals surface area contributed by atoms with Gasteiger partial charge in [0.1, 0.15) is 23.1 Å². The van der Waals surface area contributed by atoms with E-state index in [1.165, 1.54) is 18.2 Å². The summed E-state index contributed by atoms with van der Waals surface area (Å²) in [6.45, 7) is 0. The molecule has 0 unspecified atom stereocenters. The number of primary amides is 1. The number of rotatable bonds is 3. The summed E-state index contributed by atoms with van der Waals surface area (Å²) in [5.41, 5.74) is 6.43. The molecule has 3 aromatic rings. The van der Waals surface area contributed by atoms with E-state index in [0.29, 0.717) is 22.3 Å². The first-order valence-electron chi connectivity index (χ1n) is 6.77. The van der Waals surface area contributed by atoms with Gasteiger partial charge in [-0.15, -0.1) is 0 Å². The summed E-state index contributed by atoms with van der Waals surface area (Å²) in [5.74, 6) is -1.38. The predicted molar refractivity (Wildman–Crippen MR) is 88.5 cm³/mol. The van der Waals surface area contributed by atoms with Crippen LogP contribution >= 0.6 is 11.6 Å². The number of pyridine rings is 1. The highest BCUT2D eigenvalue weighted by atomic mass is 35.5. The summed E-state index contributed by atoms with van der Waals surface area (Å²) >= 11 is 5.78. The average molecular weight is 340 g/mol. The molecule has 1 radical (unpaired) electrons. The van der Waals surface area contributed by atoms with E-state index >= 15 is 0 Å². The molecule has 0 bridgehead atoms. The van der Waals surface area contributed by atoms with Gasteiger partial charge in [0, 0.05) is 11.1 Å². The summed E-state index contributed by atoms with van der Waals surface area (Å²) < 4.78 is 13.3. The Labute approximate surface area is 141 Å².